The van der Waals surface area contributed by atoms with Gasteiger partial charge in [-0.05, 0) is 38.8 Å². The highest BCUT2D eigenvalue weighted by molar-refractivity contribution is 5.73. The summed E-state index contributed by atoms with van der Waals surface area (Å²) in [5.41, 5.74) is 0.0500. The summed E-state index contributed by atoms with van der Waals surface area (Å²) in [5, 5.41) is 11.9. The van der Waals surface area contributed by atoms with E-state index in [1.807, 2.05) is 0 Å². The predicted octanol–water partition coefficient (Wildman–Crippen LogP) is 2.47. The highest BCUT2D eigenvalue weighted by Gasteiger charge is 2.23. The first-order valence-electron chi connectivity index (χ1n) is 7.57. The number of hydrogen-bond donors (Lipinski definition) is 2. The molecule has 0 spiro atoms. The van der Waals surface area contributed by atoms with Crippen LogP contribution in [-0.2, 0) is 16.0 Å². The molecule has 0 aliphatic carbocycles. The van der Waals surface area contributed by atoms with Crippen molar-refractivity contribution in [3.63, 3.8) is 0 Å². The van der Waals surface area contributed by atoms with E-state index < -0.39 is 23.6 Å². The minimum Gasteiger partial charge on any atom is -0.493 e. The maximum atomic E-state index is 11.7. The molecule has 0 saturated heterocycles. The van der Waals surface area contributed by atoms with Gasteiger partial charge in [0.2, 0.25) is 0 Å². The number of aliphatic carboxylic acids is 1. The number of nitrogens with one attached hydrogen (secondary N) is 1. The van der Waals surface area contributed by atoms with E-state index in [-0.39, 0.29) is 13.0 Å². The van der Waals surface area contributed by atoms with Gasteiger partial charge in [0.25, 0.3) is 0 Å². The molecule has 134 valence electrons. The Morgan fingerprint density at radius 2 is 1.88 bits per heavy atom. The fourth-order valence-electron chi connectivity index (χ4n) is 2.15. The topological polar surface area (TPSA) is 94.1 Å². The van der Waals surface area contributed by atoms with Crippen LogP contribution in [-0.4, -0.2) is 43.5 Å². The highest BCUT2D eigenvalue weighted by Crippen LogP contribution is 2.32. The van der Waals surface area contributed by atoms with Crippen LogP contribution in [0.5, 0.6) is 11.5 Å². The Morgan fingerprint density at radius 1 is 1.21 bits per heavy atom. The summed E-state index contributed by atoms with van der Waals surface area (Å²) in [5.74, 6) is -0.822. The van der Waals surface area contributed by atoms with Crippen molar-refractivity contribution in [1.29, 1.82) is 0 Å². The third-order valence-electron chi connectivity index (χ3n) is 3.19. The summed E-state index contributed by atoms with van der Waals surface area (Å²) in [7, 11) is 3.01. The molecular weight excluding hydrogens is 314 g/mol. The van der Waals surface area contributed by atoms with E-state index in [1.165, 1.54) is 14.2 Å². The van der Waals surface area contributed by atoms with Crippen LogP contribution < -0.4 is 14.8 Å². The molecule has 0 aliphatic heterocycles. The second kappa shape index (κ2) is 8.42. The van der Waals surface area contributed by atoms with E-state index in [0.717, 1.165) is 0 Å². The van der Waals surface area contributed by atoms with E-state index in [2.05, 4.69) is 5.32 Å². The van der Waals surface area contributed by atoms with Gasteiger partial charge in [-0.1, -0.05) is 12.1 Å². The monoisotopic (exact) mass is 339 g/mol. The maximum Gasteiger partial charge on any atom is 0.407 e. The van der Waals surface area contributed by atoms with Crippen LogP contribution in [0.25, 0.3) is 0 Å². The number of carbonyl (C=O) groups is 2. The lowest BCUT2D eigenvalue weighted by Crippen LogP contribution is -2.37. The largest absolute Gasteiger partial charge is 0.493 e. The molecule has 7 nitrogen and oxygen atoms in total. The number of ether oxygens (including phenoxy) is 3. The van der Waals surface area contributed by atoms with Crippen LogP contribution in [0.3, 0.4) is 0 Å². The maximum absolute atomic E-state index is 11.7. The SMILES string of the molecule is COc1cccc(C[C@H](CNC(=O)OC(C)(C)C)C(=O)O)c1OC. The molecule has 1 aromatic carbocycles. The van der Waals surface area contributed by atoms with Crippen molar-refractivity contribution in [2.45, 2.75) is 32.8 Å². The average Bonchev–Trinajstić information content (AvgIpc) is 2.48. The molecule has 1 atom stereocenters. The zero-order chi connectivity index (χ0) is 18.3. The quantitative estimate of drug-likeness (QED) is 0.792. The van der Waals surface area contributed by atoms with Gasteiger partial charge in [0.1, 0.15) is 5.60 Å². The first kappa shape index (κ1) is 19.6. The van der Waals surface area contributed by atoms with E-state index >= 15 is 0 Å². The minimum atomic E-state index is -1.02. The number of methoxy groups -OCH3 is 2. The molecule has 24 heavy (non-hydrogen) atoms. The van der Waals surface area contributed by atoms with Crippen molar-refractivity contribution >= 4 is 12.1 Å². The number of carbonyl (C=O) groups excluding carboxylic acids is 1. The summed E-state index contributed by atoms with van der Waals surface area (Å²) < 4.78 is 15.6. The van der Waals surface area contributed by atoms with Crippen molar-refractivity contribution in [3.05, 3.63) is 23.8 Å². The Balaban J connectivity index is 2.81. The molecule has 0 aromatic heterocycles. The molecule has 1 aromatic rings. The van der Waals surface area contributed by atoms with Crippen molar-refractivity contribution in [2.24, 2.45) is 5.92 Å². The van der Waals surface area contributed by atoms with Crippen molar-refractivity contribution in [1.82, 2.24) is 5.32 Å². The van der Waals surface area contributed by atoms with Gasteiger partial charge in [-0.2, -0.15) is 0 Å². The molecule has 2 N–H and O–H groups in total. The van der Waals surface area contributed by atoms with Gasteiger partial charge in [0, 0.05) is 6.54 Å². The van der Waals surface area contributed by atoms with Crippen molar-refractivity contribution in [3.8, 4) is 11.5 Å². The number of amides is 1. The van der Waals surface area contributed by atoms with E-state index in [1.54, 1.807) is 39.0 Å². The van der Waals surface area contributed by atoms with Crippen LogP contribution in [0.15, 0.2) is 18.2 Å². The lowest BCUT2D eigenvalue weighted by atomic mass is 9.98. The molecule has 0 unspecified atom stereocenters. The normalized spacial score (nSPS) is 12.2. The van der Waals surface area contributed by atoms with Gasteiger partial charge in [0.15, 0.2) is 11.5 Å². The van der Waals surface area contributed by atoms with E-state index in [4.69, 9.17) is 14.2 Å². The second-order valence-corrected chi connectivity index (χ2v) is 6.27. The van der Waals surface area contributed by atoms with E-state index in [9.17, 15) is 14.7 Å². The lowest BCUT2D eigenvalue weighted by molar-refractivity contribution is -0.141. The number of carboxylic acids is 1. The summed E-state index contributed by atoms with van der Waals surface area (Å²) in [6.07, 6.45) is -0.461. The Labute approximate surface area is 141 Å². The average molecular weight is 339 g/mol. The van der Waals surface area contributed by atoms with Crippen molar-refractivity contribution in [2.75, 3.05) is 20.8 Å². The molecule has 0 bridgehead atoms. The highest BCUT2D eigenvalue weighted by atomic mass is 16.6. The number of para-hydroxylation sites is 1. The van der Waals surface area contributed by atoms with Gasteiger partial charge >= 0.3 is 12.1 Å². The minimum absolute atomic E-state index is 0.0510. The summed E-state index contributed by atoms with van der Waals surface area (Å²) in [6.45, 7) is 5.16. The third-order valence-corrected chi connectivity index (χ3v) is 3.19. The van der Waals surface area contributed by atoms with Gasteiger partial charge in [-0.15, -0.1) is 0 Å². The predicted molar refractivity (Wildman–Crippen MR) is 88.6 cm³/mol. The smallest absolute Gasteiger partial charge is 0.407 e. The summed E-state index contributed by atoms with van der Waals surface area (Å²) in [6, 6.07) is 5.26. The zero-order valence-corrected chi connectivity index (χ0v) is 14.7. The molecule has 0 radical (unpaired) electrons. The fourth-order valence-corrected chi connectivity index (χ4v) is 2.15. The number of alkyl carbamates (subject to hydrolysis) is 1. The number of carboxylic acid groups (broad SMARTS) is 1. The Hall–Kier alpha value is -2.44. The molecule has 0 saturated carbocycles. The first-order valence-corrected chi connectivity index (χ1v) is 7.57. The molecule has 0 heterocycles. The summed E-state index contributed by atoms with van der Waals surface area (Å²) >= 11 is 0. The number of benzene rings is 1. The second-order valence-electron chi connectivity index (χ2n) is 6.27. The zero-order valence-electron chi connectivity index (χ0n) is 14.7. The fraction of sp³-hybridized carbons (Fsp3) is 0.529. The van der Waals surface area contributed by atoms with Crippen LogP contribution in [0.1, 0.15) is 26.3 Å². The van der Waals surface area contributed by atoms with Crippen LogP contribution in [0, 0.1) is 5.92 Å². The molecule has 1 rings (SSSR count). The summed E-state index contributed by atoms with van der Waals surface area (Å²) in [4.78, 5) is 23.2. The number of hydrogen-bond acceptors (Lipinski definition) is 5. The number of rotatable bonds is 7. The Morgan fingerprint density at radius 3 is 2.38 bits per heavy atom. The molecule has 1 amide bonds. The molecule has 7 heteroatoms. The van der Waals surface area contributed by atoms with Crippen LogP contribution in [0.2, 0.25) is 0 Å². The molecule has 0 fully saturated rings. The molecule has 0 aliphatic rings. The van der Waals surface area contributed by atoms with Crippen LogP contribution in [0.4, 0.5) is 4.79 Å². The van der Waals surface area contributed by atoms with Crippen LogP contribution >= 0.6 is 0 Å². The Bertz CT molecular complexity index is 579. The van der Waals surface area contributed by atoms with Gasteiger partial charge in [-0.25, -0.2) is 4.79 Å². The van der Waals surface area contributed by atoms with Gasteiger partial charge in [-0.3, -0.25) is 4.79 Å². The first-order chi connectivity index (χ1) is 11.2. The Kier molecular flexibility index (Phi) is 6.88. The van der Waals surface area contributed by atoms with Crippen molar-refractivity contribution < 1.29 is 28.9 Å². The third kappa shape index (κ3) is 5.98. The van der Waals surface area contributed by atoms with Gasteiger partial charge in [0.05, 0.1) is 20.1 Å². The van der Waals surface area contributed by atoms with E-state index in [0.29, 0.717) is 17.1 Å². The van der Waals surface area contributed by atoms with Gasteiger partial charge < -0.3 is 24.6 Å². The lowest BCUT2D eigenvalue weighted by Gasteiger charge is -2.21. The standard InChI is InChI=1S/C17H25NO6/c1-17(2,3)24-16(21)18-10-12(15(19)20)9-11-7-6-8-13(22-4)14(11)23-5/h6-8,12H,9-10H2,1-5H3,(H,18,21)(H,19,20)/t12-/m1/s1. The molecular formula is C17H25NO6.